The highest BCUT2D eigenvalue weighted by Crippen LogP contribution is 2.50. The summed E-state index contributed by atoms with van der Waals surface area (Å²) in [7, 11) is 0. The minimum Gasteiger partial charge on any atom is -0.489 e. The maximum Gasteiger partial charge on any atom is 0.194 e. The van der Waals surface area contributed by atoms with Gasteiger partial charge in [0.1, 0.15) is 25.4 Å². The van der Waals surface area contributed by atoms with Crippen LogP contribution in [0.5, 0.6) is 5.75 Å². The molecule has 0 spiro atoms. The normalized spacial score (nSPS) is 13.0. The summed E-state index contributed by atoms with van der Waals surface area (Å²) in [6.45, 7) is 8.71. The SMILES string of the molecule is CCCCCC[N+]1(CCCCCCCCCCCCOCc2ccc(OCc3ccc(C)cc3)cc2)Cc2c(-c3cc(F)c(F)c(F)c3)cc3ccccc3c2-c2c(c(-c3cc(F)c(F)c(F)c3)cc3ccccc23)C1. The summed E-state index contributed by atoms with van der Waals surface area (Å²) in [4.78, 5) is 0. The molecule has 8 aromatic carbocycles. The molecule has 0 N–H and O–H groups in total. The molecule has 0 fully saturated rings. The molecular formula is C67H70F6NO2+. The number of benzene rings is 8. The van der Waals surface area contributed by atoms with Crippen molar-refractivity contribution in [1.29, 1.82) is 0 Å². The fraction of sp³-hybridized carbons (Fsp3) is 0.343. The maximum absolute atomic E-state index is 15.3. The number of hydrogen-bond acceptors (Lipinski definition) is 2. The van der Waals surface area contributed by atoms with Crippen molar-refractivity contribution in [2.75, 3.05) is 19.7 Å². The van der Waals surface area contributed by atoms with Gasteiger partial charge >= 0.3 is 0 Å². The summed E-state index contributed by atoms with van der Waals surface area (Å²) >= 11 is 0. The van der Waals surface area contributed by atoms with Crippen molar-refractivity contribution in [2.24, 2.45) is 0 Å². The van der Waals surface area contributed by atoms with Crippen LogP contribution < -0.4 is 4.74 Å². The molecule has 3 nitrogen and oxygen atoms in total. The maximum atomic E-state index is 15.3. The number of halogens is 6. The quantitative estimate of drug-likeness (QED) is 0.0246. The average Bonchev–Trinajstić information content (AvgIpc) is 3.58. The third kappa shape index (κ3) is 13.0. The van der Waals surface area contributed by atoms with Crippen molar-refractivity contribution in [1.82, 2.24) is 0 Å². The predicted molar refractivity (Wildman–Crippen MR) is 297 cm³/mol. The molecule has 0 unspecified atom stereocenters. The number of quaternary nitrogens is 1. The van der Waals surface area contributed by atoms with Gasteiger partial charge in [0.25, 0.3) is 0 Å². The first-order chi connectivity index (χ1) is 37.0. The predicted octanol–water partition coefficient (Wildman–Crippen LogP) is 19.2. The Kier molecular flexibility index (Phi) is 18.3. The summed E-state index contributed by atoms with van der Waals surface area (Å²) in [5, 5.41) is 3.49. The largest absolute Gasteiger partial charge is 0.489 e. The Morgan fingerprint density at radius 3 is 1.36 bits per heavy atom. The molecule has 1 aliphatic rings. The van der Waals surface area contributed by atoms with Crippen molar-refractivity contribution in [3.8, 4) is 39.1 Å². The lowest BCUT2D eigenvalue weighted by atomic mass is 9.82. The Morgan fingerprint density at radius 1 is 0.447 bits per heavy atom. The molecule has 0 saturated heterocycles. The Labute approximate surface area is 445 Å². The lowest BCUT2D eigenvalue weighted by molar-refractivity contribution is -0.953. The standard InChI is InChI=1S/C67H70F6NO2/c1-3-4-5-18-33-74(34-19-12-10-8-6-7-9-11-13-20-35-75-44-47-29-31-53(32-30-47)76-45-48-27-25-46(2)26-28-48)42-58-56(51-38-60(68)66(72)61(69)39-51)36-49-21-14-16-23-54(49)64(58)65-55-24-17-15-22-50(55)37-57(59(65)43-74)52-40-62(70)67(73)63(71)41-52/h14-17,21-32,36-41H,3-13,18-20,33-35,42-45H2,1-2H3/q+1. The molecule has 1 heterocycles. The first-order valence-electron chi connectivity index (χ1n) is 27.6. The van der Waals surface area contributed by atoms with Gasteiger partial charge in [0, 0.05) is 28.9 Å². The molecule has 396 valence electrons. The molecule has 0 aromatic heterocycles. The van der Waals surface area contributed by atoms with E-state index in [1.165, 1.54) is 31.2 Å². The molecule has 8 aromatic rings. The topological polar surface area (TPSA) is 18.5 Å². The van der Waals surface area contributed by atoms with Crippen molar-refractivity contribution in [2.45, 2.75) is 130 Å². The van der Waals surface area contributed by atoms with Gasteiger partial charge in [-0.3, -0.25) is 0 Å². The van der Waals surface area contributed by atoms with E-state index in [0.717, 1.165) is 169 Å². The number of hydrogen-bond donors (Lipinski definition) is 0. The third-order valence-corrected chi connectivity index (χ3v) is 15.5. The minimum absolute atomic E-state index is 0.237. The van der Waals surface area contributed by atoms with Gasteiger partial charge in [-0.15, -0.1) is 0 Å². The zero-order chi connectivity index (χ0) is 53.0. The van der Waals surface area contributed by atoms with Gasteiger partial charge in [0.05, 0.1) is 19.7 Å². The summed E-state index contributed by atoms with van der Waals surface area (Å²) in [6.07, 6.45) is 15.1. The number of fused-ring (bicyclic) bond motifs is 7. The van der Waals surface area contributed by atoms with Crippen LogP contribution in [0.4, 0.5) is 26.3 Å². The molecular weight excluding hydrogens is 965 g/mol. The smallest absolute Gasteiger partial charge is 0.194 e. The lowest BCUT2D eigenvalue weighted by Gasteiger charge is -2.39. The molecule has 1 aliphatic heterocycles. The Morgan fingerprint density at radius 2 is 0.868 bits per heavy atom. The van der Waals surface area contributed by atoms with Gasteiger partial charge in [0.15, 0.2) is 34.9 Å². The number of aryl methyl sites for hydroxylation is 1. The van der Waals surface area contributed by atoms with Gasteiger partial charge in [-0.25, -0.2) is 26.3 Å². The summed E-state index contributed by atoms with van der Waals surface area (Å²) in [5.74, 6) is -7.25. The van der Waals surface area contributed by atoms with Crippen LogP contribution in [0.25, 0.3) is 54.9 Å². The first-order valence-corrected chi connectivity index (χ1v) is 27.6. The molecule has 0 amide bonds. The zero-order valence-electron chi connectivity index (χ0n) is 44.1. The van der Waals surface area contributed by atoms with Gasteiger partial charge in [0.2, 0.25) is 0 Å². The van der Waals surface area contributed by atoms with Gasteiger partial charge in [-0.05, 0) is 142 Å². The van der Waals surface area contributed by atoms with Gasteiger partial charge in [-0.2, -0.15) is 0 Å². The van der Waals surface area contributed by atoms with Crippen LogP contribution in [0.2, 0.25) is 0 Å². The van der Waals surface area contributed by atoms with E-state index in [2.05, 4.69) is 62.4 Å². The van der Waals surface area contributed by atoms with E-state index in [1.54, 1.807) is 0 Å². The highest BCUT2D eigenvalue weighted by Gasteiger charge is 2.38. The summed E-state index contributed by atoms with van der Waals surface area (Å²) in [5.41, 5.74) is 8.72. The van der Waals surface area contributed by atoms with Crippen molar-refractivity contribution in [3.63, 3.8) is 0 Å². The minimum atomic E-state index is -1.52. The first kappa shape index (κ1) is 54.4. The number of ether oxygens (including phenoxy) is 2. The Balaban J connectivity index is 0.896. The second-order valence-electron chi connectivity index (χ2n) is 21.2. The highest BCUT2D eigenvalue weighted by molar-refractivity contribution is 6.12. The van der Waals surface area contributed by atoms with Crippen LogP contribution >= 0.6 is 0 Å². The molecule has 0 aliphatic carbocycles. The van der Waals surface area contributed by atoms with Crippen LogP contribution in [-0.4, -0.2) is 24.2 Å². The lowest BCUT2D eigenvalue weighted by Crippen LogP contribution is -2.47. The van der Waals surface area contributed by atoms with E-state index in [-0.39, 0.29) is 11.1 Å². The van der Waals surface area contributed by atoms with Gasteiger partial charge in [-0.1, -0.05) is 155 Å². The molecule has 0 bridgehead atoms. The molecule has 0 saturated carbocycles. The van der Waals surface area contributed by atoms with Crippen molar-refractivity contribution in [3.05, 3.63) is 196 Å². The molecule has 76 heavy (non-hydrogen) atoms. The molecule has 0 radical (unpaired) electrons. The van der Waals surface area contributed by atoms with E-state index in [9.17, 15) is 8.78 Å². The fourth-order valence-electron chi connectivity index (χ4n) is 11.4. The number of rotatable bonds is 25. The van der Waals surface area contributed by atoms with Crippen LogP contribution in [0.15, 0.2) is 133 Å². The molecule has 0 atom stereocenters. The Hall–Kier alpha value is -6.42. The average molecular weight is 1040 g/mol. The van der Waals surface area contributed by atoms with E-state index < -0.39 is 34.9 Å². The van der Waals surface area contributed by atoms with Crippen molar-refractivity contribution < 1.29 is 40.3 Å². The summed E-state index contributed by atoms with van der Waals surface area (Å²) < 4.78 is 103. The van der Waals surface area contributed by atoms with Crippen LogP contribution in [0, 0.1) is 41.8 Å². The van der Waals surface area contributed by atoms with Crippen LogP contribution in [0.1, 0.15) is 125 Å². The number of unbranched alkanes of at least 4 members (excludes halogenated alkanes) is 12. The van der Waals surface area contributed by atoms with Gasteiger partial charge < -0.3 is 14.0 Å². The second kappa shape index (κ2) is 25.6. The Bertz CT molecular complexity index is 3050. The number of nitrogens with zero attached hydrogens (tertiary/aromatic N) is 1. The molecule has 9 heteroatoms. The van der Waals surface area contributed by atoms with E-state index in [0.29, 0.717) is 41.9 Å². The zero-order valence-corrected chi connectivity index (χ0v) is 44.1. The summed E-state index contributed by atoms with van der Waals surface area (Å²) in [6, 6.07) is 40.6. The second-order valence-corrected chi connectivity index (χ2v) is 21.2. The van der Waals surface area contributed by atoms with E-state index in [4.69, 9.17) is 9.47 Å². The van der Waals surface area contributed by atoms with E-state index >= 15 is 17.6 Å². The monoisotopic (exact) mass is 1030 g/mol. The van der Waals surface area contributed by atoms with Crippen LogP contribution in [-0.2, 0) is 31.0 Å². The highest BCUT2D eigenvalue weighted by atomic mass is 19.2. The molecule has 9 rings (SSSR count). The van der Waals surface area contributed by atoms with Crippen LogP contribution in [0.3, 0.4) is 0 Å². The third-order valence-electron chi connectivity index (χ3n) is 15.5. The van der Waals surface area contributed by atoms with E-state index in [1.807, 2.05) is 60.7 Å². The fourth-order valence-corrected chi connectivity index (χ4v) is 11.4. The van der Waals surface area contributed by atoms with Crippen molar-refractivity contribution >= 4 is 21.5 Å².